The van der Waals surface area contributed by atoms with Crippen LogP contribution in [0.3, 0.4) is 0 Å². The monoisotopic (exact) mass is 301 g/mol. The van der Waals surface area contributed by atoms with E-state index < -0.39 is 6.04 Å². The average Bonchev–Trinajstić information content (AvgIpc) is 3.14. The zero-order chi connectivity index (χ0) is 15.5. The van der Waals surface area contributed by atoms with Crippen molar-refractivity contribution in [1.29, 1.82) is 0 Å². The topological polar surface area (TPSA) is 76.4 Å². The molecule has 2 heterocycles. The Morgan fingerprint density at radius 3 is 2.68 bits per heavy atom. The molecule has 0 saturated carbocycles. The average molecular weight is 301 g/mol. The summed E-state index contributed by atoms with van der Waals surface area (Å²) in [6.45, 7) is 0.535. The maximum atomic E-state index is 12.4. The number of furan rings is 1. The normalized spacial score (nSPS) is 18.0. The number of hydrogen-bond acceptors (Lipinski definition) is 4. The molecule has 1 atom stereocenters. The Hall–Kier alpha value is -2.60. The number of carbonyl (C=O) groups is 2. The molecule has 6 nitrogen and oxygen atoms in total. The highest BCUT2D eigenvalue weighted by Crippen LogP contribution is 2.24. The van der Waals surface area contributed by atoms with Crippen molar-refractivity contribution in [2.45, 2.75) is 19.0 Å². The van der Waals surface area contributed by atoms with Gasteiger partial charge in [0, 0.05) is 0 Å². The van der Waals surface area contributed by atoms with Gasteiger partial charge >= 0.3 is 0 Å². The van der Waals surface area contributed by atoms with Crippen LogP contribution < -0.4 is 15.0 Å². The second-order valence-corrected chi connectivity index (χ2v) is 5.10. The Bertz CT molecular complexity index is 664. The smallest absolute Gasteiger partial charge is 0.292 e. The molecule has 1 aliphatic heterocycles. The molecule has 2 aromatic rings. The molecule has 1 aliphatic rings. The van der Waals surface area contributed by atoms with E-state index in [2.05, 4.69) is 0 Å². The molecular formula is C16H17N2O4+. The zero-order valence-corrected chi connectivity index (χ0v) is 12.2. The molecule has 0 unspecified atom stereocenters. The van der Waals surface area contributed by atoms with Gasteiger partial charge in [-0.25, -0.2) is 4.90 Å². The molecule has 2 N–H and O–H groups in total. The highest BCUT2D eigenvalue weighted by atomic mass is 16.5. The van der Waals surface area contributed by atoms with Crippen LogP contribution in [-0.4, -0.2) is 25.0 Å². The third-order valence-electron chi connectivity index (χ3n) is 3.70. The van der Waals surface area contributed by atoms with Crippen molar-refractivity contribution in [2.75, 3.05) is 12.0 Å². The van der Waals surface area contributed by atoms with Gasteiger partial charge in [0.2, 0.25) is 5.91 Å². The summed E-state index contributed by atoms with van der Waals surface area (Å²) < 4.78 is 10.3. The maximum absolute atomic E-state index is 12.4. The van der Waals surface area contributed by atoms with Gasteiger partial charge in [-0.3, -0.25) is 9.59 Å². The molecule has 6 heteroatoms. The summed E-state index contributed by atoms with van der Waals surface area (Å²) >= 11 is 0. The van der Waals surface area contributed by atoms with Crippen LogP contribution in [0.1, 0.15) is 12.2 Å². The maximum Gasteiger partial charge on any atom is 0.292 e. The van der Waals surface area contributed by atoms with E-state index in [1.54, 1.807) is 43.7 Å². The van der Waals surface area contributed by atoms with Crippen LogP contribution in [0, 0.1) is 0 Å². The fourth-order valence-electron chi connectivity index (χ4n) is 2.53. The van der Waals surface area contributed by atoms with Gasteiger partial charge in [-0.2, -0.15) is 0 Å². The third-order valence-corrected chi connectivity index (χ3v) is 3.70. The standard InChI is InChI=1S/C16H16N2O4/c1-21-12-6-4-11(5-7-12)18-15(19)9-14(16(18)20)17-10-13-3-2-8-22-13/h2-8,14,17H,9-10H2,1H3/p+1/t14-/m1/s1. The first-order valence-corrected chi connectivity index (χ1v) is 7.05. The van der Waals surface area contributed by atoms with Crippen LogP contribution in [0.15, 0.2) is 47.1 Å². The molecule has 114 valence electrons. The number of anilines is 1. The number of carbonyl (C=O) groups excluding carboxylic acids is 2. The number of nitrogens with zero attached hydrogens (tertiary/aromatic N) is 1. The van der Waals surface area contributed by atoms with Crippen LogP contribution in [0.25, 0.3) is 0 Å². The van der Waals surface area contributed by atoms with Crippen molar-refractivity contribution >= 4 is 17.5 Å². The molecular weight excluding hydrogens is 284 g/mol. The number of benzene rings is 1. The Kier molecular flexibility index (Phi) is 3.93. The molecule has 1 fully saturated rings. The number of methoxy groups -OCH3 is 1. The van der Waals surface area contributed by atoms with Crippen molar-refractivity contribution in [3.8, 4) is 5.75 Å². The van der Waals surface area contributed by atoms with Crippen LogP contribution in [0.2, 0.25) is 0 Å². The molecule has 1 aromatic carbocycles. The van der Waals surface area contributed by atoms with E-state index in [0.29, 0.717) is 18.0 Å². The summed E-state index contributed by atoms with van der Waals surface area (Å²) in [6, 6.07) is 10.1. The zero-order valence-electron chi connectivity index (χ0n) is 12.2. The van der Waals surface area contributed by atoms with Crippen molar-refractivity contribution < 1.29 is 24.1 Å². The molecule has 0 aliphatic carbocycles. The Morgan fingerprint density at radius 2 is 2.05 bits per heavy atom. The Labute approximate surface area is 127 Å². The van der Waals surface area contributed by atoms with Gasteiger partial charge in [0.1, 0.15) is 12.3 Å². The molecule has 0 spiro atoms. The summed E-state index contributed by atoms with van der Waals surface area (Å²) in [5.74, 6) is 1.09. The van der Waals surface area contributed by atoms with E-state index in [9.17, 15) is 9.59 Å². The number of nitrogens with two attached hydrogens (primary N) is 1. The van der Waals surface area contributed by atoms with E-state index in [-0.39, 0.29) is 18.2 Å². The fraction of sp³-hybridized carbons (Fsp3) is 0.250. The lowest BCUT2D eigenvalue weighted by Crippen LogP contribution is -2.90. The fourth-order valence-corrected chi connectivity index (χ4v) is 2.53. The molecule has 22 heavy (non-hydrogen) atoms. The van der Waals surface area contributed by atoms with Crippen molar-refractivity contribution in [3.05, 3.63) is 48.4 Å². The Balaban J connectivity index is 1.70. The number of hydrogen-bond donors (Lipinski definition) is 1. The van der Waals surface area contributed by atoms with Gasteiger partial charge in [0.25, 0.3) is 5.91 Å². The first kappa shape index (κ1) is 14.3. The molecule has 0 bridgehead atoms. The lowest BCUT2D eigenvalue weighted by Gasteiger charge is -2.14. The van der Waals surface area contributed by atoms with Crippen molar-refractivity contribution in [3.63, 3.8) is 0 Å². The van der Waals surface area contributed by atoms with Crippen molar-refractivity contribution in [1.82, 2.24) is 0 Å². The van der Waals surface area contributed by atoms with Crippen LogP contribution in [0.4, 0.5) is 5.69 Å². The van der Waals surface area contributed by atoms with Gasteiger partial charge in [0.15, 0.2) is 11.8 Å². The van der Waals surface area contributed by atoms with Crippen LogP contribution in [-0.2, 0) is 16.1 Å². The lowest BCUT2D eigenvalue weighted by molar-refractivity contribution is -0.691. The van der Waals surface area contributed by atoms with Gasteiger partial charge < -0.3 is 14.5 Å². The summed E-state index contributed by atoms with van der Waals surface area (Å²) in [5.41, 5.74) is 0.574. The largest absolute Gasteiger partial charge is 0.497 e. The molecule has 3 rings (SSSR count). The molecule has 0 radical (unpaired) electrons. The quantitative estimate of drug-likeness (QED) is 0.824. The highest BCUT2D eigenvalue weighted by Gasteiger charge is 2.42. The van der Waals surface area contributed by atoms with Gasteiger partial charge in [-0.1, -0.05) is 0 Å². The highest BCUT2D eigenvalue weighted by molar-refractivity contribution is 6.21. The van der Waals surface area contributed by atoms with Crippen LogP contribution in [0.5, 0.6) is 5.75 Å². The third kappa shape index (κ3) is 2.73. The first-order valence-electron chi connectivity index (χ1n) is 7.05. The number of rotatable bonds is 5. The predicted molar refractivity (Wildman–Crippen MR) is 78.2 cm³/mol. The lowest BCUT2D eigenvalue weighted by atomic mass is 10.2. The van der Waals surface area contributed by atoms with E-state index >= 15 is 0 Å². The summed E-state index contributed by atoms with van der Waals surface area (Å²) in [7, 11) is 1.57. The summed E-state index contributed by atoms with van der Waals surface area (Å²) in [4.78, 5) is 25.8. The molecule has 1 aromatic heterocycles. The number of imide groups is 1. The second-order valence-electron chi connectivity index (χ2n) is 5.10. The van der Waals surface area contributed by atoms with Gasteiger partial charge in [0.05, 0.1) is 25.5 Å². The second kappa shape index (κ2) is 6.03. The van der Waals surface area contributed by atoms with E-state index in [1.807, 2.05) is 11.4 Å². The van der Waals surface area contributed by atoms with Gasteiger partial charge in [-0.15, -0.1) is 0 Å². The molecule has 1 saturated heterocycles. The predicted octanol–water partition coefficient (Wildman–Crippen LogP) is 0.684. The van der Waals surface area contributed by atoms with E-state index in [4.69, 9.17) is 9.15 Å². The number of quaternary nitrogens is 1. The Morgan fingerprint density at radius 1 is 1.27 bits per heavy atom. The minimum atomic E-state index is -0.403. The minimum absolute atomic E-state index is 0.184. The SMILES string of the molecule is COc1ccc(N2C(=O)C[C@@H]([NH2+]Cc3ccco3)C2=O)cc1. The van der Waals surface area contributed by atoms with E-state index in [0.717, 1.165) is 5.76 Å². The minimum Gasteiger partial charge on any atom is -0.497 e. The summed E-state index contributed by atoms with van der Waals surface area (Å²) in [5, 5.41) is 1.84. The first-order chi connectivity index (χ1) is 10.7. The van der Waals surface area contributed by atoms with Crippen LogP contribution >= 0.6 is 0 Å². The van der Waals surface area contributed by atoms with Crippen molar-refractivity contribution in [2.24, 2.45) is 0 Å². The number of ether oxygens (including phenoxy) is 1. The van der Waals surface area contributed by atoms with E-state index in [1.165, 1.54) is 4.90 Å². The summed E-state index contributed by atoms with van der Waals surface area (Å²) in [6.07, 6.45) is 1.79. The van der Waals surface area contributed by atoms with Gasteiger partial charge in [-0.05, 0) is 36.4 Å². The molecule has 2 amide bonds. The number of amides is 2.